The van der Waals surface area contributed by atoms with Crippen LogP contribution in [-0.2, 0) is 0 Å². The Bertz CT molecular complexity index is 1190. The highest BCUT2D eigenvalue weighted by Crippen LogP contribution is 2.40. The predicted molar refractivity (Wildman–Crippen MR) is 97.9 cm³/mol. The molecule has 1 atom stereocenters. The van der Waals surface area contributed by atoms with E-state index in [4.69, 9.17) is 0 Å². The lowest BCUT2D eigenvalue weighted by molar-refractivity contribution is -0.158. The molecule has 1 aliphatic carbocycles. The number of amides is 1. The van der Waals surface area contributed by atoms with E-state index in [1.165, 1.54) is 16.6 Å². The molecule has 0 aliphatic heterocycles. The van der Waals surface area contributed by atoms with Gasteiger partial charge < -0.3 is 5.32 Å². The maximum absolute atomic E-state index is 13.5. The van der Waals surface area contributed by atoms with E-state index in [-0.39, 0.29) is 22.5 Å². The number of rotatable bonds is 4. The third-order valence-corrected chi connectivity index (χ3v) is 5.01. The second-order valence-electron chi connectivity index (χ2n) is 7.21. The number of hydrogen-bond donors (Lipinski definition) is 1. The summed E-state index contributed by atoms with van der Waals surface area (Å²) in [4.78, 5) is 17.0. The van der Waals surface area contributed by atoms with Gasteiger partial charge in [0, 0.05) is 11.3 Å². The summed E-state index contributed by atoms with van der Waals surface area (Å²) in [6, 6.07) is 5.18. The van der Waals surface area contributed by atoms with Gasteiger partial charge in [0.05, 0.1) is 23.5 Å². The Morgan fingerprint density at radius 3 is 2.70 bits per heavy atom. The van der Waals surface area contributed by atoms with E-state index in [2.05, 4.69) is 15.4 Å². The molecular formula is C20H15F4N5O. The van der Waals surface area contributed by atoms with Gasteiger partial charge in [0.1, 0.15) is 17.4 Å². The molecule has 1 unspecified atom stereocenters. The lowest BCUT2D eigenvalue weighted by atomic mass is 10.0. The van der Waals surface area contributed by atoms with Crippen LogP contribution in [0.1, 0.15) is 34.5 Å². The molecule has 1 fully saturated rings. The van der Waals surface area contributed by atoms with Crippen LogP contribution in [0, 0.1) is 30.0 Å². The lowest BCUT2D eigenvalue weighted by Gasteiger charge is -2.20. The van der Waals surface area contributed by atoms with Gasteiger partial charge >= 0.3 is 6.18 Å². The molecule has 0 spiro atoms. The number of carbonyl (C=O) groups excluding carboxylic acids is 1. The SMILES string of the molecule is Cc1cc(-c2ccc(F)cc2C#N)nc2c(C(=O)NC(C3CC3)C(F)(F)F)cnn12. The summed E-state index contributed by atoms with van der Waals surface area (Å²) in [5.74, 6) is -2.14. The molecule has 1 aromatic carbocycles. The van der Waals surface area contributed by atoms with E-state index in [0.29, 0.717) is 24.1 Å². The molecule has 30 heavy (non-hydrogen) atoms. The van der Waals surface area contributed by atoms with Gasteiger partial charge in [-0.05, 0) is 49.9 Å². The third kappa shape index (κ3) is 3.58. The zero-order chi connectivity index (χ0) is 21.6. The fraction of sp³-hybridized carbons (Fsp3) is 0.300. The summed E-state index contributed by atoms with van der Waals surface area (Å²) in [5.41, 5.74) is 1.13. The van der Waals surface area contributed by atoms with Gasteiger partial charge in [-0.15, -0.1) is 0 Å². The predicted octanol–water partition coefficient (Wildman–Crippen LogP) is 3.79. The molecule has 0 bridgehead atoms. The fourth-order valence-corrected chi connectivity index (χ4v) is 3.36. The highest BCUT2D eigenvalue weighted by molar-refractivity contribution is 6.00. The van der Waals surface area contributed by atoms with E-state index >= 15 is 0 Å². The third-order valence-electron chi connectivity index (χ3n) is 5.01. The van der Waals surface area contributed by atoms with E-state index in [0.717, 1.165) is 12.3 Å². The molecule has 154 valence electrons. The number of alkyl halides is 3. The van der Waals surface area contributed by atoms with Crippen molar-refractivity contribution in [3.05, 3.63) is 53.1 Å². The normalized spacial score (nSPS) is 15.1. The van der Waals surface area contributed by atoms with Crippen molar-refractivity contribution in [1.29, 1.82) is 5.26 Å². The van der Waals surface area contributed by atoms with Gasteiger partial charge in [-0.25, -0.2) is 13.9 Å². The number of benzene rings is 1. The van der Waals surface area contributed by atoms with Gasteiger partial charge in [-0.2, -0.15) is 23.5 Å². The van der Waals surface area contributed by atoms with E-state index < -0.39 is 29.9 Å². The molecule has 1 amide bonds. The molecule has 1 aliphatic rings. The van der Waals surface area contributed by atoms with Crippen LogP contribution in [0.3, 0.4) is 0 Å². The van der Waals surface area contributed by atoms with Crippen LogP contribution in [-0.4, -0.2) is 32.7 Å². The van der Waals surface area contributed by atoms with Crippen molar-refractivity contribution >= 4 is 11.6 Å². The molecule has 0 saturated heterocycles. The molecule has 1 saturated carbocycles. The highest BCUT2D eigenvalue weighted by Gasteiger charge is 2.49. The number of halogens is 4. The second-order valence-corrected chi connectivity index (χ2v) is 7.21. The van der Waals surface area contributed by atoms with Crippen LogP contribution in [0.4, 0.5) is 17.6 Å². The van der Waals surface area contributed by atoms with E-state index in [1.54, 1.807) is 13.0 Å². The number of carbonyl (C=O) groups is 1. The minimum Gasteiger partial charge on any atom is -0.340 e. The number of nitriles is 1. The quantitative estimate of drug-likeness (QED) is 0.655. The van der Waals surface area contributed by atoms with Crippen molar-refractivity contribution in [3.8, 4) is 17.3 Å². The number of nitrogens with zero attached hydrogens (tertiary/aromatic N) is 4. The zero-order valence-electron chi connectivity index (χ0n) is 15.7. The summed E-state index contributed by atoms with van der Waals surface area (Å²) in [7, 11) is 0. The highest BCUT2D eigenvalue weighted by atomic mass is 19.4. The van der Waals surface area contributed by atoms with Crippen LogP contribution in [0.15, 0.2) is 30.5 Å². The second kappa shape index (κ2) is 7.09. The van der Waals surface area contributed by atoms with Gasteiger partial charge in [-0.3, -0.25) is 4.79 Å². The van der Waals surface area contributed by atoms with Gasteiger partial charge in [0.15, 0.2) is 5.65 Å². The Morgan fingerprint density at radius 1 is 1.33 bits per heavy atom. The molecule has 1 N–H and O–H groups in total. The Hall–Kier alpha value is -3.48. The van der Waals surface area contributed by atoms with Gasteiger partial charge in [0.2, 0.25) is 0 Å². The van der Waals surface area contributed by atoms with Gasteiger partial charge in [0.25, 0.3) is 5.91 Å². The van der Waals surface area contributed by atoms with Crippen molar-refractivity contribution in [1.82, 2.24) is 19.9 Å². The first-order valence-electron chi connectivity index (χ1n) is 9.12. The van der Waals surface area contributed by atoms with E-state index in [1.807, 2.05) is 6.07 Å². The molecule has 0 radical (unpaired) electrons. The largest absolute Gasteiger partial charge is 0.408 e. The van der Waals surface area contributed by atoms with Crippen molar-refractivity contribution in [2.45, 2.75) is 32.0 Å². The Morgan fingerprint density at radius 2 is 2.07 bits per heavy atom. The first-order valence-corrected chi connectivity index (χ1v) is 9.12. The van der Waals surface area contributed by atoms with Crippen LogP contribution < -0.4 is 5.32 Å². The lowest BCUT2D eigenvalue weighted by Crippen LogP contribution is -2.46. The average molecular weight is 417 g/mol. The molecule has 3 aromatic rings. The molecule has 6 nitrogen and oxygen atoms in total. The number of aromatic nitrogens is 3. The summed E-state index contributed by atoms with van der Waals surface area (Å²) in [6.07, 6.45) is -2.58. The summed E-state index contributed by atoms with van der Waals surface area (Å²) < 4.78 is 54.6. The molecule has 4 rings (SSSR count). The first-order chi connectivity index (χ1) is 14.2. The maximum atomic E-state index is 13.5. The summed E-state index contributed by atoms with van der Waals surface area (Å²) in [6.45, 7) is 1.67. The molecule has 10 heteroatoms. The Balaban J connectivity index is 1.76. The minimum absolute atomic E-state index is 0.0441. The summed E-state index contributed by atoms with van der Waals surface area (Å²) >= 11 is 0. The van der Waals surface area contributed by atoms with Crippen molar-refractivity contribution in [2.75, 3.05) is 0 Å². The smallest absolute Gasteiger partial charge is 0.340 e. The standard InChI is InChI=1S/C20H15F4N5O/c1-10-6-16(14-5-4-13(21)7-12(14)8-25)27-18-15(9-26-29(10)18)19(30)28-17(11-2-3-11)20(22,23)24/h4-7,9,11,17H,2-3H2,1H3,(H,28,30). The van der Waals surface area contributed by atoms with Crippen LogP contribution >= 0.6 is 0 Å². The number of aryl methyl sites for hydroxylation is 1. The van der Waals surface area contributed by atoms with Crippen LogP contribution in [0.5, 0.6) is 0 Å². The number of nitrogens with one attached hydrogen (secondary N) is 1. The average Bonchev–Trinajstić information content (AvgIpc) is 3.42. The molecule has 2 aromatic heterocycles. The number of fused-ring (bicyclic) bond motifs is 1. The Kier molecular flexibility index (Phi) is 4.68. The Labute approximate surface area is 168 Å². The first kappa shape index (κ1) is 19.8. The number of hydrogen-bond acceptors (Lipinski definition) is 4. The van der Waals surface area contributed by atoms with E-state index in [9.17, 15) is 27.6 Å². The van der Waals surface area contributed by atoms with Crippen molar-refractivity contribution in [2.24, 2.45) is 5.92 Å². The maximum Gasteiger partial charge on any atom is 0.408 e. The van der Waals surface area contributed by atoms with Gasteiger partial charge in [-0.1, -0.05) is 0 Å². The topological polar surface area (TPSA) is 83.1 Å². The molecule has 2 heterocycles. The fourth-order valence-electron chi connectivity index (χ4n) is 3.36. The van der Waals surface area contributed by atoms with Crippen LogP contribution in [0.25, 0.3) is 16.9 Å². The molecular weight excluding hydrogens is 402 g/mol. The summed E-state index contributed by atoms with van der Waals surface area (Å²) in [5, 5.41) is 15.4. The minimum atomic E-state index is -4.55. The monoisotopic (exact) mass is 417 g/mol. The van der Waals surface area contributed by atoms with Crippen LogP contribution in [0.2, 0.25) is 0 Å². The zero-order valence-corrected chi connectivity index (χ0v) is 15.7. The van der Waals surface area contributed by atoms with Crippen molar-refractivity contribution < 1.29 is 22.4 Å². The van der Waals surface area contributed by atoms with Crippen molar-refractivity contribution in [3.63, 3.8) is 0 Å².